The molecule has 0 saturated heterocycles. The van der Waals surface area contributed by atoms with E-state index < -0.39 is 5.63 Å². The van der Waals surface area contributed by atoms with Gasteiger partial charge in [-0.1, -0.05) is 29.8 Å². The van der Waals surface area contributed by atoms with Crippen molar-refractivity contribution >= 4 is 28.5 Å². The molecule has 1 amide bonds. The molecule has 2 aromatic rings. The molecule has 0 radical (unpaired) electrons. The van der Waals surface area contributed by atoms with Crippen LogP contribution in [-0.4, -0.2) is 11.9 Å². The maximum Gasteiger partial charge on any atom is 0.356 e. The van der Waals surface area contributed by atoms with Gasteiger partial charge in [-0.3, -0.25) is 4.79 Å². The van der Waals surface area contributed by atoms with Gasteiger partial charge in [0.1, 0.15) is 10.6 Å². The van der Waals surface area contributed by atoms with Crippen molar-refractivity contribution < 1.29 is 9.21 Å². The Morgan fingerprint density at radius 1 is 1.33 bits per heavy atom. The number of para-hydroxylation sites is 1. The topological polar surface area (TPSA) is 59.3 Å². The molecular formula is C13H12ClNO3. The molecular weight excluding hydrogens is 254 g/mol. The molecule has 0 aliphatic rings. The van der Waals surface area contributed by atoms with Gasteiger partial charge in [-0.2, -0.15) is 0 Å². The summed E-state index contributed by atoms with van der Waals surface area (Å²) in [5.41, 5.74) is -0.192. The fraction of sp³-hybridized carbons (Fsp3) is 0.231. The number of amides is 1. The molecule has 94 valence electrons. The van der Waals surface area contributed by atoms with Crippen molar-refractivity contribution in [1.29, 1.82) is 0 Å². The van der Waals surface area contributed by atoms with Crippen LogP contribution >= 0.6 is 11.6 Å². The van der Waals surface area contributed by atoms with Crippen molar-refractivity contribution in [1.82, 2.24) is 5.32 Å². The molecule has 0 aliphatic carbocycles. The van der Waals surface area contributed by atoms with Crippen LogP contribution in [0.2, 0.25) is 5.02 Å². The molecule has 0 fully saturated rings. The number of carbonyl (C=O) groups is 1. The molecule has 0 atom stereocenters. The number of hydrogen-bond acceptors (Lipinski definition) is 3. The van der Waals surface area contributed by atoms with Gasteiger partial charge in [0.15, 0.2) is 0 Å². The molecule has 1 aromatic carbocycles. The second-order valence-corrected chi connectivity index (χ2v) is 4.58. The maximum atomic E-state index is 12.1. The van der Waals surface area contributed by atoms with Crippen LogP contribution in [0.4, 0.5) is 0 Å². The summed E-state index contributed by atoms with van der Waals surface area (Å²) in [7, 11) is 0. The summed E-state index contributed by atoms with van der Waals surface area (Å²) in [6, 6.07) is 6.76. The van der Waals surface area contributed by atoms with Crippen LogP contribution < -0.4 is 10.9 Å². The van der Waals surface area contributed by atoms with Crippen LogP contribution in [0, 0.1) is 0 Å². The first-order valence-corrected chi connectivity index (χ1v) is 5.90. The first-order valence-electron chi connectivity index (χ1n) is 5.53. The highest BCUT2D eigenvalue weighted by Crippen LogP contribution is 2.22. The zero-order valence-electron chi connectivity index (χ0n) is 9.99. The van der Waals surface area contributed by atoms with Crippen LogP contribution in [0.1, 0.15) is 24.2 Å². The van der Waals surface area contributed by atoms with Gasteiger partial charge in [-0.05, 0) is 19.9 Å². The zero-order chi connectivity index (χ0) is 13.3. The predicted molar refractivity (Wildman–Crippen MR) is 70.1 cm³/mol. The molecule has 2 rings (SSSR count). The standard InChI is InChI=1S/C13H12ClNO3/c1-7(2)15-12(16)10-8-5-3-4-6-9(8)18-13(17)11(10)14/h3-7H,1-2H3,(H,15,16). The quantitative estimate of drug-likeness (QED) is 0.849. The lowest BCUT2D eigenvalue weighted by Gasteiger charge is -2.10. The van der Waals surface area contributed by atoms with Gasteiger partial charge in [0.2, 0.25) is 0 Å². The monoisotopic (exact) mass is 265 g/mol. The highest BCUT2D eigenvalue weighted by Gasteiger charge is 2.19. The van der Waals surface area contributed by atoms with Crippen LogP contribution in [0.25, 0.3) is 11.0 Å². The molecule has 4 nitrogen and oxygen atoms in total. The Bertz CT molecular complexity index is 661. The van der Waals surface area contributed by atoms with Gasteiger partial charge in [0.05, 0.1) is 5.56 Å². The highest BCUT2D eigenvalue weighted by molar-refractivity contribution is 6.35. The van der Waals surface area contributed by atoms with Gasteiger partial charge >= 0.3 is 5.63 Å². The lowest BCUT2D eigenvalue weighted by atomic mass is 10.1. The number of carbonyl (C=O) groups excluding carboxylic acids is 1. The van der Waals surface area contributed by atoms with Gasteiger partial charge in [0.25, 0.3) is 5.91 Å². The number of rotatable bonds is 2. The third kappa shape index (κ3) is 2.24. The summed E-state index contributed by atoms with van der Waals surface area (Å²) in [4.78, 5) is 23.6. The lowest BCUT2D eigenvalue weighted by molar-refractivity contribution is 0.0944. The van der Waals surface area contributed by atoms with Gasteiger partial charge in [-0.15, -0.1) is 0 Å². The Morgan fingerprint density at radius 2 is 2.00 bits per heavy atom. The van der Waals surface area contributed by atoms with Crippen LogP contribution in [0.5, 0.6) is 0 Å². The van der Waals surface area contributed by atoms with E-state index in [0.29, 0.717) is 11.0 Å². The van der Waals surface area contributed by atoms with Crippen molar-refractivity contribution in [2.24, 2.45) is 0 Å². The minimum absolute atomic E-state index is 0.0421. The fourth-order valence-electron chi connectivity index (χ4n) is 1.68. The van der Waals surface area contributed by atoms with E-state index >= 15 is 0 Å². The zero-order valence-corrected chi connectivity index (χ0v) is 10.7. The molecule has 5 heteroatoms. The first-order chi connectivity index (χ1) is 8.50. The minimum Gasteiger partial charge on any atom is -0.422 e. The summed E-state index contributed by atoms with van der Waals surface area (Å²) in [6.07, 6.45) is 0. The second kappa shape index (κ2) is 4.82. The fourth-order valence-corrected chi connectivity index (χ4v) is 1.91. The van der Waals surface area contributed by atoms with Crippen molar-refractivity contribution in [2.45, 2.75) is 19.9 Å². The first kappa shape index (κ1) is 12.6. The third-order valence-corrected chi connectivity index (χ3v) is 2.75. The van der Waals surface area contributed by atoms with E-state index in [4.69, 9.17) is 16.0 Å². The summed E-state index contributed by atoms with van der Waals surface area (Å²) in [6.45, 7) is 3.67. The number of hydrogen-bond donors (Lipinski definition) is 1. The SMILES string of the molecule is CC(C)NC(=O)c1c(Cl)c(=O)oc2ccccc12. The summed E-state index contributed by atoms with van der Waals surface area (Å²) in [5, 5.41) is 3.06. The average Bonchev–Trinajstić information content (AvgIpc) is 2.29. The predicted octanol–water partition coefficient (Wildman–Crippen LogP) is 2.58. The number of halogens is 1. The van der Waals surface area contributed by atoms with E-state index in [1.807, 2.05) is 13.8 Å². The van der Waals surface area contributed by atoms with E-state index in [1.165, 1.54) is 0 Å². The minimum atomic E-state index is -0.704. The molecule has 1 N–H and O–H groups in total. The molecule has 0 bridgehead atoms. The normalized spacial score (nSPS) is 10.9. The summed E-state index contributed by atoms with van der Waals surface area (Å²) >= 11 is 5.88. The smallest absolute Gasteiger partial charge is 0.356 e. The molecule has 0 unspecified atom stereocenters. The lowest BCUT2D eigenvalue weighted by Crippen LogP contribution is -2.31. The third-order valence-electron chi connectivity index (χ3n) is 2.40. The van der Waals surface area contributed by atoms with Gasteiger partial charge in [0, 0.05) is 11.4 Å². The van der Waals surface area contributed by atoms with E-state index in [2.05, 4.69) is 5.32 Å². The molecule has 1 heterocycles. The molecule has 0 aliphatic heterocycles. The largest absolute Gasteiger partial charge is 0.422 e. The van der Waals surface area contributed by atoms with Crippen molar-refractivity contribution in [3.05, 3.63) is 45.3 Å². The van der Waals surface area contributed by atoms with Crippen LogP contribution in [-0.2, 0) is 0 Å². The van der Waals surface area contributed by atoms with Crippen LogP contribution in [0.15, 0.2) is 33.5 Å². The molecule has 1 aromatic heterocycles. The van der Waals surface area contributed by atoms with Gasteiger partial charge < -0.3 is 9.73 Å². The average molecular weight is 266 g/mol. The Labute approximate surface area is 109 Å². The summed E-state index contributed by atoms with van der Waals surface area (Å²) in [5.74, 6) is -0.376. The van der Waals surface area contributed by atoms with Crippen molar-refractivity contribution in [3.63, 3.8) is 0 Å². The summed E-state index contributed by atoms with van der Waals surface area (Å²) < 4.78 is 5.02. The van der Waals surface area contributed by atoms with Gasteiger partial charge in [-0.25, -0.2) is 4.79 Å². The van der Waals surface area contributed by atoms with E-state index in [1.54, 1.807) is 24.3 Å². The Hall–Kier alpha value is -1.81. The second-order valence-electron chi connectivity index (χ2n) is 4.20. The maximum absolute atomic E-state index is 12.1. The molecule has 18 heavy (non-hydrogen) atoms. The highest BCUT2D eigenvalue weighted by atomic mass is 35.5. The van der Waals surface area contributed by atoms with E-state index in [-0.39, 0.29) is 22.5 Å². The number of benzene rings is 1. The van der Waals surface area contributed by atoms with Crippen LogP contribution in [0.3, 0.4) is 0 Å². The number of nitrogens with one attached hydrogen (secondary N) is 1. The number of fused-ring (bicyclic) bond motifs is 1. The van der Waals surface area contributed by atoms with E-state index in [9.17, 15) is 9.59 Å². The van der Waals surface area contributed by atoms with Crippen molar-refractivity contribution in [2.75, 3.05) is 0 Å². The van der Waals surface area contributed by atoms with E-state index in [0.717, 1.165) is 0 Å². The Kier molecular flexibility index (Phi) is 3.39. The molecule has 0 saturated carbocycles. The van der Waals surface area contributed by atoms with Crippen molar-refractivity contribution in [3.8, 4) is 0 Å². The Morgan fingerprint density at radius 3 is 2.67 bits per heavy atom. The molecule has 0 spiro atoms. The Balaban J connectivity index is 2.71.